The van der Waals surface area contributed by atoms with Crippen LogP contribution in [0.5, 0.6) is 0 Å². The lowest BCUT2D eigenvalue weighted by Crippen LogP contribution is -1.84. The van der Waals surface area contributed by atoms with Gasteiger partial charge in [0, 0.05) is 18.4 Å². The fraction of sp³-hybridized carbons (Fsp3) is 0.133. The van der Waals surface area contributed by atoms with Gasteiger partial charge in [-0.1, -0.05) is 41.6 Å². The summed E-state index contributed by atoms with van der Waals surface area (Å²) in [5.74, 6) is 1.07. The van der Waals surface area contributed by atoms with Crippen LogP contribution in [0.3, 0.4) is 0 Å². The van der Waals surface area contributed by atoms with Crippen molar-refractivity contribution in [3.8, 4) is 17.5 Å². The van der Waals surface area contributed by atoms with Crippen molar-refractivity contribution in [2.24, 2.45) is 0 Å². The maximum atomic E-state index is 8.53. The van der Waals surface area contributed by atoms with E-state index in [0.717, 1.165) is 10.9 Å². The Kier molecular flexibility index (Phi) is 2.95. The molecule has 2 aromatic carbocycles. The highest BCUT2D eigenvalue weighted by Gasteiger charge is 2.08. The predicted octanol–water partition coefficient (Wildman–Crippen LogP) is 3.35. The second-order valence-corrected chi connectivity index (χ2v) is 4.23. The number of rotatable bonds is 3. The molecule has 1 heterocycles. The summed E-state index contributed by atoms with van der Waals surface area (Å²) in [6.45, 7) is 0. The summed E-state index contributed by atoms with van der Waals surface area (Å²) < 4.78 is 5.12. The maximum absolute atomic E-state index is 8.53. The molecular formula is C15H11N3O. The molecule has 0 unspecified atom stereocenters. The van der Waals surface area contributed by atoms with Crippen LogP contribution in [0, 0.1) is 11.3 Å². The van der Waals surface area contributed by atoms with Crippen molar-refractivity contribution >= 4 is 10.8 Å². The van der Waals surface area contributed by atoms with E-state index in [9.17, 15) is 0 Å². The van der Waals surface area contributed by atoms with E-state index >= 15 is 0 Å². The maximum Gasteiger partial charge on any atom is 0.227 e. The van der Waals surface area contributed by atoms with Gasteiger partial charge in [-0.3, -0.25) is 0 Å². The summed E-state index contributed by atoms with van der Waals surface area (Å²) >= 11 is 0. The minimum absolute atomic E-state index is 0.388. The minimum atomic E-state index is 0.388. The summed E-state index contributed by atoms with van der Waals surface area (Å²) in [6, 6.07) is 16.2. The molecular weight excluding hydrogens is 238 g/mol. The molecule has 0 spiro atoms. The average molecular weight is 249 g/mol. The first-order valence-electron chi connectivity index (χ1n) is 6.05. The molecule has 0 N–H and O–H groups in total. The van der Waals surface area contributed by atoms with Gasteiger partial charge in [0.05, 0.1) is 6.07 Å². The van der Waals surface area contributed by atoms with Crippen molar-refractivity contribution in [1.82, 2.24) is 10.1 Å². The summed E-state index contributed by atoms with van der Waals surface area (Å²) in [4.78, 5) is 4.30. The van der Waals surface area contributed by atoms with E-state index in [1.165, 1.54) is 5.39 Å². The molecule has 0 radical (unpaired) electrons. The van der Waals surface area contributed by atoms with Crippen LogP contribution in [0.15, 0.2) is 47.0 Å². The SMILES string of the molecule is N#CCCc1nc(-c2ccc3ccccc3c2)no1. The number of hydrogen-bond acceptors (Lipinski definition) is 4. The third-order valence-corrected chi connectivity index (χ3v) is 2.93. The van der Waals surface area contributed by atoms with Gasteiger partial charge >= 0.3 is 0 Å². The Morgan fingerprint density at radius 2 is 1.95 bits per heavy atom. The molecule has 0 aliphatic rings. The molecule has 3 rings (SSSR count). The number of hydrogen-bond donors (Lipinski definition) is 0. The lowest BCUT2D eigenvalue weighted by molar-refractivity contribution is 0.380. The molecule has 0 aliphatic carbocycles. The normalized spacial score (nSPS) is 10.5. The van der Waals surface area contributed by atoms with Crippen LogP contribution in [-0.2, 0) is 6.42 Å². The lowest BCUT2D eigenvalue weighted by atomic mass is 10.1. The molecule has 0 saturated heterocycles. The van der Waals surface area contributed by atoms with Crippen LogP contribution in [0.1, 0.15) is 12.3 Å². The van der Waals surface area contributed by atoms with E-state index < -0.39 is 0 Å². The molecule has 4 nitrogen and oxygen atoms in total. The zero-order valence-corrected chi connectivity index (χ0v) is 10.2. The molecule has 1 aromatic heterocycles. The first kappa shape index (κ1) is 11.4. The second kappa shape index (κ2) is 4.91. The highest BCUT2D eigenvalue weighted by Crippen LogP contribution is 2.22. The van der Waals surface area contributed by atoms with Crippen LogP contribution in [-0.4, -0.2) is 10.1 Å². The molecule has 4 heteroatoms. The van der Waals surface area contributed by atoms with Crippen molar-refractivity contribution in [3.63, 3.8) is 0 Å². The Bertz CT molecular complexity index is 755. The van der Waals surface area contributed by atoms with Gasteiger partial charge in [-0.2, -0.15) is 10.2 Å². The number of fused-ring (bicyclic) bond motifs is 1. The van der Waals surface area contributed by atoms with Gasteiger partial charge in [0.15, 0.2) is 0 Å². The number of nitrogens with zero attached hydrogens (tertiary/aromatic N) is 3. The molecule has 0 bridgehead atoms. The third kappa shape index (κ3) is 2.31. The smallest absolute Gasteiger partial charge is 0.227 e. The molecule has 0 fully saturated rings. The van der Waals surface area contributed by atoms with Gasteiger partial charge in [0.2, 0.25) is 11.7 Å². The van der Waals surface area contributed by atoms with E-state index in [2.05, 4.69) is 28.3 Å². The molecule has 92 valence electrons. The lowest BCUT2D eigenvalue weighted by Gasteiger charge is -1.99. The number of nitriles is 1. The fourth-order valence-electron chi connectivity index (χ4n) is 1.96. The third-order valence-electron chi connectivity index (χ3n) is 2.93. The van der Waals surface area contributed by atoms with Gasteiger partial charge in [0.25, 0.3) is 0 Å². The van der Waals surface area contributed by atoms with Crippen LogP contribution in [0.2, 0.25) is 0 Å². The zero-order chi connectivity index (χ0) is 13.1. The quantitative estimate of drug-likeness (QED) is 0.714. The number of aryl methyl sites for hydroxylation is 1. The standard InChI is InChI=1S/C15H11N3O/c16-9-3-6-14-17-15(18-19-14)13-8-7-11-4-1-2-5-12(11)10-13/h1-2,4-5,7-8,10H,3,6H2. The Morgan fingerprint density at radius 1 is 1.11 bits per heavy atom. The monoisotopic (exact) mass is 249 g/mol. The van der Waals surface area contributed by atoms with Gasteiger partial charge in [0.1, 0.15) is 0 Å². The van der Waals surface area contributed by atoms with Gasteiger partial charge in [-0.25, -0.2) is 0 Å². The molecule has 0 saturated carbocycles. The van der Waals surface area contributed by atoms with Crippen LogP contribution in [0.4, 0.5) is 0 Å². The van der Waals surface area contributed by atoms with E-state index in [1.807, 2.05) is 30.3 Å². The van der Waals surface area contributed by atoms with Crippen molar-refractivity contribution in [3.05, 3.63) is 48.4 Å². The first-order chi connectivity index (χ1) is 9.36. The van der Waals surface area contributed by atoms with Gasteiger partial charge < -0.3 is 4.52 Å². The predicted molar refractivity (Wildman–Crippen MR) is 71.2 cm³/mol. The molecule has 3 aromatic rings. The average Bonchev–Trinajstić information content (AvgIpc) is 2.93. The van der Waals surface area contributed by atoms with Crippen molar-refractivity contribution < 1.29 is 4.52 Å². The fourth-order valence-corrected chi connectivity index (χ4v) is 1.96. The largest absolute Gasteiger partial charge is 0.339 e. The minimum Gasteiger partial charge on any atom is -0.339 e. The number of aromatic nitrogens is 2. The Labute approximate surface area is 110 Å². The summed E-state index contributed by atoms with van der Waals surface area (Å²) in [5.41, 5.74) is 0.922. The number of benzene rings is 2. The summed E-state index contributed by atoms with van der Waals surface area (Å²) in [6.07, 6.45) is 0.885. The summed E-state index contributed by atoms with van der Waals surface area (Å²) in [7, 11) is 0. The second-order valence-electron chi connectivity index (χ2n) is 4.23. The van der Waals surface area contributed by atoms with E-state index in [0.29, 0.717) is 24.6 Å². The summed E-state index contributed by atoms with van der Waals surface area (Å²) in [5, 5.41) is 14.8. The van der Waals surface area contributed by atoms with Gasteiger partial charge in [-0.05, 0) is 16.8 Å². The molecule has 0 aliphatic heterocycles. The van der Waals surface area contributed by atoms with Crippen LogP contribution < -0.4 is 0 Å². The zero-order valence-electron chi connectivity index (χ0n) is 10.2. The highest BCUT2D eigenvalue weighted by molar-refractivity contribution is 5.86. The van der Waals surface area contributed by atoms with Crippen LogP contribution in [0.25, 0.3) is 22.2 Å². The first-order valence-corrected chi connectivity index (χ1v) is 6.05. The molecule has 0 amide bonds. The van der Waals surface area contributed by atoms with Crippen molar-refractivity contribution in [1.29, 1.82) is 5.26 Å². The highest BCUT2D eigenvalue weighted by atomic mass is 16.5. The molecule has 19 heavy (non-hydrogen) atoms. The van der Waals surface area contributed by atoms with Gasteiger partial charge in [-0.15, -0.1) is 0 Å². The van der Waals surface area contributed by atoms with Crippen LogP contribution >= 0.6 is 0 Å². The van der Waals surface area contributed by atoms with E-state index in [1.54, 1.807) is 0 Å². The topological polar surface area (TPSA) is 62.7 Å². The Morgan fingerprint density at radius 3 is 2.79 bits per heavy atom. The van der Waals surface area contributed by atoms with E-state index in [4.69, 9.17) is 9.78 Å². The Balaban J connectivity index is 1.95. The Hall–Kier alpha value is -2.67. The van der Waals surface area contributed by atoms with Crippen molar-refractivity contribution in [2.75, 3.05) is 0 Å². The van der Waals surface area contributed by atoms with E-state index in [-0.39, 0.29) is 0 Å². The molecule has 0 atom stereocenters. The van der Waals surface area contributed by atoms with Crippen molar-refractivity contribution in [2.45, 2.75) is 12.8 Å².